The molecule has 0 aliphatic rings. The van der Waals surface area contributed by atoms with Gasteiger partial charge in [-0.2, -0.15) is 5.10 Å². The van der Waals surface area contributed by atoms with Crippen LogP contribution in [0.1, 0.15) is 35.7 Å². The van der Waals surface area contributed by atoms with Gasteiger partial charge in [-0.25, -0.2) is 9.67 Å². The zero-order valence-electron chi connectivity index (χ0n) is 15.2. The Morgan fingerprint density at radius 2 is 1.86 bits per heavy atom. The molecule has 0 saturated heterocycles. The number of ether oxygens (including phenoxy) is 1. The number of rotatable bonds is 10. The number of non-ortho nitro benzene ring substituents is 1. The van der Waals surface area contributed by atoms with Crippen LogP contribution in [0.2, 0.25) is 0 Å². The van der Waals surface area contributed by atoms with Crippen molar-refractivity contribution in [2.75, 3.05) is 6.61 Å². The molecule has 3 rings (SSSR count). The first-order chi connectivity index (χ1) is 13.6. The lowest BCUT2D eigenvalue weighted by Crippen LogP contribution is -2.20. The van der Waals surface area contributed by atoms with E-state index >= 15 is 0 Å². The van der Waals surface area contributed by atoms with Gasteiger partial charge in [0.25, 0.3) is 5.69 Å². The molecule has 8 heteroatoms. The predicted molar refractivity (Wildman–Crippen MR) is 102 cm³/mol. The summed E-state index contributed by atoms with van der Waals surface area (Å²) in [5, 5.41) is 14.8. The largest absolute Gasteiger partial charge is 0.494 e. The van der Waals surface area contributed by atoms with Gasteiger partial charge in [-0.15, -0.1) is 0 Å². The number of nitro groups is 1. The van der Waals surface area contributed by atoms with Gasteiger partial charge >= 0.3 is 0 Å². The number of carbonyl (C=O) groups is 1. The van der Waals surface area contributed by atoms with Crippen molar-refractivity contribution in [3.8, 4) is 5.75 Å². The van der Waals surface area contributed by atoms with Gasteiger partial charge < -0.3 is 4.74 Å². The highest BCUT2D eigenvalue weighted by Gasteiger charge is 2.22. The number of benzene rings is 2. The number of carbonyl (C=O) groups excluding carboxylic acids is 1. The van der Waals surface area contributed by atoms with Gasteiger partial charge in [0.2, 0.25) is 0 Å². The normalized spacial score (nSPS) is 11.7. The quantitative estimate of drug-likeness (QED) is 0.229. The molecule has 0 aliphatic heterocycles. The molecule has 1 heterocycles. The summed E-state index contributed by atoms with van der Waals surface area (Å²) in [6.45, 7) is 0.460. The third-order valence-electron chi connectivity index (χ3n) is 4.31. The standard InChI is InChI=1S/C20H20N4O4/c25-20(16-6-2-1-3-7-16)19(23-15-21-14-22-23)8-4-5-13-28-18-11-9-17(10-12-18)24(26)27/h1-3,6-7,9-12,14-15,19H,4-5,8,13H2. The number of hydrogen-bond donors (Lipinski definition) is 0. The first-order valence-electron chi connectivity index (χ1n) is 8.96. The van der Waals surface area contributed by atoms with E-state index in [-0.39, 0.29) is 11.5 Å². The van der Waals surface area contributed by atoms with Gasteiger partial charge in [0.1, 0.15) is 24.4 Å². The Hall–Kier alpha value is -3.55. The van der Waals surface area contributed by atoms with Gasteiger partial charge in [-0.1, -0.05) is 30.3 Å². The average Bonchev–Trinajstić information content (AvgIpc) is 3.25. The number of aromatic nitrogens is 3. The zero-order chi connectivity index (χ0) is 19.8. The summed E-state index contributed by atoms with van der Waals surface area (Å²) in [6.07, 6.45) is 5.09. The summed E-state index contributed by atoms with van der Waals surface area (Å²) in [6, 6.07) is 14.7. The summed E-state index contributed by atoms with van der Waals surface area (Å²) in [4.78, 5) is 27.0. The molecule has 0 bridgehead atoms. The summed E-state index contributed by atoms with van der Waals surface area (Å²) in [7, 11) is 0. The third kappa shape index (κ3) is 5.00. The molecule has 2 aromatic carbocycles. The van der Waals surface area contributed by atoms with Gasteiger partial charge in [-0.3, -0.25) is 14.9 Å². The van der Waals surface area contributed by atoms with E-state index in [9.17, 15) is 14.9 Å². The maximum atomic E-state index is 12.8. The molecule has 0 spiro atoms. The van der Waals surface area contributed by atoms with Crippen LogP contribution in [0.4, 0.5) is 5.69 Å². The lowest BCUT2D eigenvalue weighted by atomic mass is 9.99. The monoisotopic (exact) mass is 380 g/mol. The van der Waals surface area contributed by atoms with Crippen LogP contribution in [0.15, 0.2) is 67.3 Å². The smallest absolute Gasteiger partial charge is 0.269 e. The number of nitrogens with zero attached hydrogens (tertiary/aromatic N) is 4. The summed E-state index contributed by atoms with van der Waals surface area (Å²) < 4.78 is 7.21. The Balaban J connectivity index is 1.51. The van der Waals surface area contributed by atoms with Crippen molar-refractivity contribution in [3.05, 3.63) is 82.9 Å². The summed E-state index contributed by atoms with van der Waals surface area (Å²) in [5.41, 5.74) is 0.674. The second kappa shape index (κ2) is 9.40. The Morgan fingerprint density at radius 1 is 1.11 bits per heavy atom. The van der Waals surface area contributed by atoms with Crippen molar-refractivity contribution in [1.82, 2.24) is 14.8 Å². The molecule has 1 unspecified atom stereocenters. The topological polar surface area (TPSA) is 100 Å². The second-order valence-corrected chi connectivity index (χ2v) is 6.22. The molecule has 3 aromatic rings. The molecule has 8 nitrogen and oxygen atoms in total. The van der Waals surface area contributed by atoms with E-state index < -0.39 is 11.0 Å². The Bertz CT molecular complexity index is 896. The highest BCUT2D eigenvalue weighted by molar-refractivity contribution is 5.98. The second-order valence-electron chi connectivity index (χ2n) is 6.22. The molecular weight excluding hydrogens is 360 g/mol. The predicted octanol–water partition coefficient (Wildman–Crippen LogP) is 3.86. The molecule has 1 atom stereocenters. The van der Waals surface area contributed by atoms with Crippen LogP contribution in [0.3, 0.4) is 0 Å². The Morgan fingerprint density at radius 3 is 2.50 bits per heavy atom. The van der Waals surface area contributed by atoms with E-state index in [1.807, 2.05) is 18.2 Å². The Labute approximate surface area is 161 Å². The van der Waals surface area contributed by atoms with Crippen molar-refractivity contribution in [1.29, 1.82) is 0 Å². The minimum atomic E-state index is -0.447. The fourth-order valence-electron chi connectivity index (χ4n) is 2.85. The molecule has 144 valence electrons. The van der Waals surface area contributed by atoms with Crippen LogP contribution >= 0.6 is 0 Å². The summed E-state index contributed by atoms with van der Waals surface area (Å²) in [5.74, 6) is 0.584. The van der Waals surface area contributed by atoms with Crippen LogP contribution < -0.4 is 4.74 Å². The van der Waals surface area contributed by atoms with Crippen LogP contribution in [0, 0.1) is 10.1 Å². The van der Waals surface area contributed by atoms with Gasteiger partial charge in [0.15, 0.2) is 5.78 Å². The van der Waals surface area contributed by atoms with E-state index in [1.165, 1.54) is 18.5 Å². The molecule has 0 fully saturated rings. The fourth-order valence-corrected chi connectivity index (χ4v) is 2.85. The number of unbranched alkanes of at least 4 members (excludes halogenated alkanes) is 1. The van der Waals surface area contributed by atoms with Crippen LogP contribution in [0.25, 0.3) is 0 Å². The van der Waals surface area contributed by atoms with E-state index in [0.717, 1.165) is 12.8 Å². The highest BCUT2D eigenvalue weighted by Crippen LogP contribution is 2.21. The van der Waals surface area contributed by atoms with E-state index in [0.29, 0.717) is 24.3 Å². The van der Waals surface area contributed by atoms with Crippen molar-refractivity contribution >= 4 is 11.5 Å². The third-order valence-corrected chi connectivity index (χ3v) is 4.31. The number of Topliss-reactive ketones (excluding diaryl/α,β-unsaturated/α-hetero) is 1. The SMILES string of the molecule is O=C(c1ccccc1)C(CCCCOc1ccc([N+](=O)[O-])cc1)n1cncn1. The lowest BCUT2D eigenvalue weighted by molar-refractivity contribution is -0.384. The molecular formula is C20H20N4O4. The molecule has 0 aliphatic carbocycles. The van der Waals surface area contributed by atoms with Crippen LogP contribution in [0.5, 0.6) is 5.75 Å². The van der Waals surface area contributed by atoms with Crippen LogP contribution in [-0.2, 0) is 0 Å². The van der Waals surface area contributed by atoms with Crippen molar-refractivity contribution < 1.29 is 14.5 Å². The first kappa shape index (κ1) is 19.2. The Kier molecular flexibility index (Phi) is 6.46. The van der Waals surface area contributed by atoms with Gasteiger partial charge in [-0.05, 0) is 31.4 Å². The van der Waals surface area contributed by atoms with Crippen molar-refractivity contribution in [2.45, 2.75) is 25.3 Å². The maximum absolute atomic E-state index is 12.8. The van der Waals surface area contributed by atoms with Crippen molar-refractivity contribution in [3.63, 3.8) is 0 Å². The number of hydrogen-bond acceptors (Lipinski definition) is 6. The van der Waals surface area contributed by atoms with Crippen LogP contribution in [-0.4, -0.2) is 32.1 Å². The molecule has 1 aromatic heterocycles. The van der Waals surface area contributed by atoms with Gasteiger partial charge in [0, 0.05) is 17.7 Å². The fraction of sp³-hybridized carbons (Fsp3) is 0.250. The molecule has 0 saturated carbocycles. The highest BCUT2D eigenvalue weighted by atomic mass is 16.6. The molecule has 0 N–H and O–H groups in total. The maximum Gasteiger partial charge on any atom is 0.269 e. The minimum absolute atomic E-state index is 0.00221. The summed E-state index contributed by atoms with van der Waals surface area (Å²) >= 11 is 0. The minimum Gasteiger partial charge on any atom is -0.494 e. The number of nitro benzene ring substituents is 1. The lowest BCUT2D eigenvalue weighted by Gasteiger charge is -2.16. The molecule has 0 radical (unpaired) electrons. The van der Waals surface area contributed by atoms with Gasteiger partial charge in [0.05, 0.1) is 11.5 Å². The molecule has 28 heavy (non-hydrogen) atoms. The molecule has 0 amide bonds. The first-order valence-corrected chi connectivity index (χ1v) is 8.96. The number of ketones is 1. The average molecular weight is 380 g/mol. The zero-order valence-corrected chi connectivity index (χ0v) is 15.2. The van der Waals surface area contributed by atoms with Crippen molar-refractivity contribution in [2.24, 2.45) is 0 Å². The van der Waals surface area contributed by atoms with E-state index in [2.05, 4.69) is 10.1 Å². The van der Waals surface area contributed by atoms with E-state index in [4.69, 9.17) is 4.74 Å². The van der Waals surface area contributed by atoms with E-state index in [1.54, 1.807) is 35.3 Å².